The molecule has 0 amide bonds. The molecule has 0 heterocycles. The fourth-order valence-electron chi connectivity index (χ4n) is 3.44. The van der Waals surface area contributed by atoms with Crippen LogP contribution in [0.4, 0.5) is 0 Å². The minimum absolute atomic E-state index is 0.0243. The van der Waals surface area contributed by atoms with E-state index in [1.165, 1.54) is 27.8 Å². The van der Waals surface area contributed by atoms with Gasteiger partial charge in [0, 0.05) is 5.57 Å². The van der Waals surface area contributed by atoms with E-state index < -0.39 is 0 Å². The lowest BCUT2D eigenvalue weighted by atomic mass is 9.86. The molecule has 0 fully saturated rings. The van der Waals surface area contributed by atoms with E-state index in [2.05, 4.69) is 85.6 Å². The molecular formula is C29H38O. The lowest BCUT2D eigenvalue weighted by Crippen LogP contribution is -2.06. The van der Waals surface area contributed by atoms with Gasteiger partial charge in [-0.2, -0.15) is 0 Å². The van der Waals surface area contributed by atoms with E-state index in [4.69, 9.17) is 0 Å². The van der Waals surface area contributed by atoms with Crippen LogP contribution in [0.15, 0.2) is 90.3 Å². The van der Waals surface area contributed by atoms with Gasteiger partial charge >= 0.3 is 0 Å². The Bertz CT molecular complexity index is 945. The molecule has 1 aromatic rings. The average molecular weight is 403 g/mol. The molecule has 0 saturated heterocycles. The van der Waals surface area contributed by atoms with Crippen molar-refractivity contribution in [1.82, 2.24) is 0 Å². The summed E-state index contributed by atoms with van der Waals surface area (Å²) in [5.41, 5.74) is 10.0. The zero-order valence-electron chi connectivity index (χ0n) is 19.9. The number of allylic oxidation sites excluding steroid dienone is 9. The summed E-state index contributed by atoms with van der Waals surface area (Å²) < 4.78 is 0. The molecule has 0 aliphatic heterocycles. The Morgan fingerprint density at radius 1 is 1.03 bits per heavy atom. The average Bonchev–Trinajstić information content (AvgIpc) is 2.68. The summed E-state index contributed by atoms with van der Waals surface area (Å²) in [6.07, 6.45) is 11.0. The molecule has 1 nitrogen and oxygen atoms in total. The van der Waals surface area contributed by atoms with Crippen molar-refractivity contribution in [2.45, 2.75) is 54.9 Å². The number of hydrogen-bond acceptors (Lipinski definition) is 1. The molecular weight excluding hydrogens is 364 g/mol. The molecule has 0 spiro atoms. The van der Waals surface area contributed by atoms with Crippen LogP contribution in [0.25, 0.3) is 5.57 Å². The van der Waals surface area contributed by atoms with Crippen molar-refractivity contribution in [2.75, 3.05) is 0 Å². The zero-order valence-corrected chi connectivity index (χ0v) is 19.9. The molecule has 160 valence electrons. The van der Waals surface area contributed by atoms with Crippen LogP contribution in [0.2, 0.25) is 0 Å². The fourth-order valence-corrected chi connectivity index (χ4v) is 3.44. The van der Waals surface area contributed by atoms with E-state index in [1.807, 2.05) is 25.2 Å². The van der Waals surface area contributed by atoms with Crippen molar-refractivity contribution in [3.63, 3.8) is 0 Å². The van der Waals surface area contributed by atoms with Gasteiger partial charge in [-0.1, -0.05) is 74.2 Å². The summed E-state index contributed by atoms with van der Waals surface area (Å²) in [5.74, 6) is 0.439. The molecule has 0 aliphatic rings. The lowest BCUT2D eigenvalue weighted by Gasteiger charge is -2.19. The van der Waals surface area contributed by atoms with Crippen LogP contribution in [0, 0.1) is 19.8 Å². The smallest absolute Gasteiger partial charge is 0.115 e. The van der Waals surface area contributed by atoms with Crippen molar-refractivity contribution in [3.05, 3.63) is 113 Å². The van der Waals surface area contributed by atoms with Gasteiger partial charge in [0.1, 0.15) is 5.76 Å². The van der Waals surface area contributed by atoms with E-state index in [0.717, 1.165) is 23.1 Å². The molecule has 1 heteroatoms. The Kier molecular flexibility index (Phi) is 9.59. The zero-order chi connectivity index (χ0) is 23.0. The summed E-state index contributed by atoms with van der Waals surface area (Å²) in [7, 11) is 0. The maximum absolute atomic E-state index is 9.86. The van der Waals surface area contributed by atoms with Crippen LogP contribution in [0.1, 0.15) is 56.9 Å². The standard InChI is InChI=1S/C29H38O/c1-11-19(4)14-20(5)21(6)15-27-16-22(7)23(8)18-29(27)26(12-2)17-24(9)28(13-3)25(10)30/h11-14,16-18,21,30H,2,9-10,15H2,1,3-8H3/b19-11-,20-14+,26-17+,28-13+. The number of rotatable bonds is 9. The predicted octanol–water partition coefficient (Wildman–Crippen LogP) is 8.54. The van der Waals surface area contributed by atoms with Crippen LogP contribution in [-0.4, -0.2) is 5.11 Å². The number of aliphatic hydroxyl groups is 1. The van der Waals surface area contributed by atoms with Gasteiger partial charge in [0.05, 0.1) is 0 Å². The Morgan fingerprint density at radius 3 is 2.13 bits per heavy atom. The van der Waals surface area contributed by atoms with Crippen LogP contribution < -0.4 is 0 Å². The number of aryl methyl sites for hydroxylation is 2. The van der Waals surface area contributed by atoms with Crippen molar-refractivity contribution in [3.8, 4) is 0 Å². The van der Waals surface area contributed by atoms with Crippen molar-refractivity contribution >= 4 is 5.57 Å². The molecule has 1 aromatic carbocycles. The summed E-state index contributed by atoms with van der Waals surface area (Å²) in [6, 6.07) is 4.52. The Labute approximate surface area is 184 Å². The predicted molar refractivity (Wildman–Crippen MR) is 135 cm³/mol. The van der Waals surface area contributed by atoms with Crippen molar-refractivity contribution in [2.24, 2.45) is 5.92 Å². The molecule has 1 rings (SSSR count). The molecule has 1 atom stereocenters. The van der Waals surface area contributed by atoms with Crippen LogP contribution in [0.5, 0.6) is 0 Å². The topological polar surface area (TPSA) is 20.2 Å². The summed E-state index contributed by atoms with van der Waals surface area (Å²) >= 11 is 0. The van der Waals surface area contributed by atoms with Gasteiger partial charge in [-0.05, 0) is 93.4 Å². The highest BCUT2D eigenvalue weighted by Gasteiger charge is 2.14. The van der Waals surface area contributed by atoms with E-state index in [0.29, 0.717) is 11.5 Å². The first-order valence-corrected chi connectivity index (χ1v) is 10.5. The highest BCUT2D eigenvalue weighted by atomic mass is 16.3. The van der Waals surface area contributed by atoms with E-state index in [-0.39, 0.29) is 5.76 Å². The maximum atomic E-state index is 9.86. The normalized spacial score (nSPS) is 14.5. The fraction of sp³-hybridized carbons (Fsp3) is 0.310. The van der Waals surface area contributed by atoms with Crippen LogP contribution >= 0.6 is 0 Å². The molecule has 0 radical (unpaired) electrons. The highest BCUT2D eigenvalue weighted by molar-refractivity contribution is 5.79. The number of aliphatic hydroxyl groups excluding tert-OH is 1. The van der Waals surface area contributed by atoms with Gasteiger partial charge in [-0.25, -0.2) is 0 Å². The molecule has 1 unspecified atom stereocenters. The van der Waals surface area contributed by atoms with Crippen LogP contribution in [-0.2, 0) is 6.42 Å². The third-order valence-corrected chi connectivity index (χ3v) is 5.74. The number of benzene rings is 1. The van der Waals surface area contributed by atoms with Gasteiger partial charge < -0.3 is 5.11 Å². The minimum Gasteiger partial charge on any atom is -0.508 e. The van der Waals surface area contributed by atoms with Crippen molar-refractivity contribution in [1.29, 1.82) is 0 Å². The van der Waals surface area contributed by atoms with E-state index in [9.17, 15) is 5.11 Å². The Balaban J connectivity index is 3.48. The third kappa shape index (κ3) is 6.62. The summed E-state index contributed by atoms with van der Waals surface area (Å²) in [5, 5.41) is 9.86. The second kappa shape index (κ2) is 11.4. The van der Waals surface area contributed by atoms with Gasteiger partial charge in [0.2, 0.25) is 0 Å². The second-order valence-electron chi connectivity index (χ2n) is 8.10. The largest absolute Gasteiger partial charge is 0.508 e. The first-order chi connectivity index (χ1) is 14.0. The van der Waals surface area contributed by atoms with Gasteiger partial charge in [0.25, 0.3) is 0 Å². The molecule has 0 aromatic heterocycles. The third-order valence-electron chi connectivity index (χ3n) is 5.74. The lowest BCUT2D eigenvalue weighted by molar-refractivity contribution is 0.428. The van der Waals surface area contributed by atoms with E-state index in [1.54, 1.807) is 0 Å². The summed E-state index contributed by atoms with van der Waals surface area (Å²) in [4.78, 5) is 0. The SMILES string of the molecule is C=C/C(=C\C(=C)/C(=C\C)C(=C)O)c1cc(C)c(C)cc1CC(C)/C(C)=C/C(C)=C\C. The van der Waals surface area contributed by atoms with Gasteiger partial charge in [-0.3, -0.25) is 0 Å². The van der Waals surface area contributed by atoms with E-state index >= 15 is 0 Å². The maximum Gasteiger partial charge on any atom is 0.115 e. The molecule has 0 aliphatic carbocycles. The Hall–Kier alpha value is -2.80. The molecule has 0 bridgehead atoms. The first kappa shape index (κ1) is 25.2. The van der Waals surface area contributed by atoms with Gasteiger partial charge in [0.15, 0.2) is 0 Å². The van der Waals surface area contributed by atoms with Gasteiger partial charge in [-0.15, -0.1) is 0 Å². The second-order valence-corrected chi connectivity index (χ2v) is 8.10. The monoisotopic (exact) mass is 402 g/mol. The first-order valence-electron chi connectivity index (χ1n) is 10.5. The summed E-state index contributed by atoms with van der Waals surface area (Å²) in [6.45, 7) is 26.7. The number of hydrogen-bond donors (Lipinski definition) is 1. The molecule has 0 saturated carbocycles. The molecule has 30 heavy (non-hydrogen) atoms. The van der Waals surface area contributed by atoms with Crippen LogP contribution in [0.3, 0.4) is 0 Å². The van der Waals surface area contributed by atoms with Crippen molar-refractivity contribution < 1.29 is 5.11 Å². The highest BCUT2D eigenvalue weighted by Crippen LogP contribution is 2.30. The quantitative estimate of drug-likeness (QED) is 0.324. The Morgan fingerprint density at radius 2 is 1.63 bits per heavy atom. The molecule has 1 N–H and O–H groups in total. The minimum atomic E-state index is 0.0243.